The molecule has 6 nitrogen and oxygen atoms in total. The molecular weight excluding hydrogens is 433 g/mol. The van der Waals surface area contributed by atoms with Crippen LogP contribution in [0.5, 0.6) is 0 Å². The largest absolute Gasteiger partial charge is 0.368 e. The van der Waals surface area contributed by atoms with Gasteiger partial charge >= 0.3 is 0 Å². The summed E-state index contributed by atoms with van der Waals surface area (Å²) in [4.78, 5) is 24.7. The van der Waals surface area contributed by atoms with Crippen LogP contribution in [0.25, 0.3) is 11.3 Å². The maximum atomic E-state index is 12.7. The second kappa shape index (κ2) is 9.73. The first-order valence-electron chi connectivity index (χ1n) is 10.3. The molecule has 0 atom stereocenters. The number of nitrogens with zero attached hydrogens (tertiary/aromatic N) is 3. The van der Waals surface area contributed by atoms with Gasteiger partial charge < -0.3 is 15.2 Å². The maximum absolute atomic E-state index is 12.7. The van der Waals surface area contributed by atoms with E-state index in [9.17, 15) is 4.79 Å². The lowest BCUT2D eigenvalue weighted by atomic mass is 10.2. The molecule has 3 aromatic rings. The second-order valence-corrected chi connectivity index (χ2v) is 8.41. The van der Waals surface area contributed by atoms with Gasteiger partial charge in [0, 0.05) is 68.6 Å². The summed E-state index contributed by atoms with van der Waals surface area (Å²) in [6.45, 7) is 6.89. The van der Waals surface area contributed by atoms with Crippen LogP contribution in [-0.2, 0) is 0 Å². The molecule has 31 heavy (non-hydrogen) atoms. The van der Waals surface area contributed by atoms with Gasteiger partial charge in [0.15, 0.2) is 0 Å². The number of pyridine rings is 1. The van der Waals surface area contributed by atoms with E-state index < -0.39 is 0 Å². The molecule has 1 aliphatic rings. The topological polar surface area (TPSA) is 64.3 Å². The summed E-state index contributed by atoms with van der Waals surface area (Å²) in [5.41, 5.74) is 4.35. The Hall–Kier alpha value is -2.54. The van der Waals surface area contributed by atoms with Gasteiger partial charge in [-0.15, -0.1) is 0 Å². The van der Waals surface area contributed by atoms with E-state index in [1.165, 1.54) is 0 Å². The van der Waals surface area contributed by atoms with Gasteiger partial charge in [0.05, 0.1) is 21.3 Å². The molecular formula is C23H25Cl2N5O. The van der Waals surface area contributed by atoms with Crippen LogP contribution < -0.4 is 10.2 Å². The number of aromatic amines is 1. The van der Waals surface area contributed by atoms with Crippen molar-refractivity contribution in [2.75, 3.05) is 44.2 Å². The van der Waals surface area contributed by atoms with E-state index in [2.05, 4.69) is 25.1 Å². The summed E-state index contributed by atoms with van der Waals surface area (Å²) in [6, 6.07) is 11.5. The zero-order chi connectivity index (χ0) is 21.8. The van der Waals surface area contributed by atoms with Crippen molar-refractivity contribution in [3.05, 3.63) is 70.1 Å². The Morgan fingerprint density at radius 1 is 1.16 bits per heavy atom. The Kier molecular flexibility index (Phi) is 6.80. The van der Waals surface area contributed by atoms with Crippen molar-refractivity contribution in [1.29, 1.82) is 0 Å². The summed E-state index contributed by atoms with van der Waals surface area (Å²) in [5.74, 6) is -0.0618. The molecule has 1 fully saturated rings. The number of amides is 1. The van der Waals surface area contributed by atoms with E-state index in [-0.39, 0.29) is 5.91 Å². The summed E-state index contributed by atoms with van der Waals surface area (Å²) in [5, 5.41) is 4.23. The van der Waals surface area contributed by atoms with Crippen molar-refractivity contribution in [2.45, 2.75) is 6.92 Å². The highest BCUT2D eigenvalue weighted by Gasteiger charge is 2.20. The monoisotopic (exact) mass is 457 g/mol. The van der Waals surface area contributed by atoms with E-state index in [4.69, 9.17) is 23.2 Å². The molecule has 8 heteroatoms. The first-order valence-corrected chi connectivity index (χ1v) is 11.1. The normalized spacial score (nSPS) is 14.6. The molecule has 1 saturated heterocycles. The number of rotatable bonds is 6. The van der Waals surface area contributed by atoms with E-state index in [1.807, 2.05) is 37.3 Å². The first-order chi connectivity index (χ1) is 15.0. The smallest absolute Gasteiger partial charge is 0.253 e. The van der Waals surface area contributed by atoms with Gasteiger partial charge in [-0.1, -0.05) is 29.3 Å². The lowest BCUT2D eigenvalue weighted by molar-refractivity contribution is 0.0947. The third-order valence-corrected chi connectivity index (χ3v) is 6.40. The van der Waals surface area contributed by atoms with Crippen LogP contribution in [0.3, 0.4) is 0 Å². The summed E-state index contributed by atoms with van der Waals surface area (Å²) >= 11 is 12.5. The van der Waals surface area contributed by atoms with E-state index in [0.29, 0.717) is 22.2 Å². The predicted octanol–water partition coefficient (Wildman–Crippen LogP) is 4.24. The Labute approximate surface area is 192 Å². The number of nitrogens with one attached hydrogen (secondary N) is 2. The molecule has 2 N–H and O–H groups in total. The highest BCUT2D eigenvalue weighted by Crippen LogP contribution is 2.32. The van der Waals surface area contributed by atoms with Crippen LogP contribution in [0.2, 0.25) is 10.0 Å². The Morgan fingerprint density at radius 2 is 1.97 bits per heavy atom. The summed E-state index contributed by atoms with van der Waals surface area (Å²) in [7, 11) is 0. The fourth-order valence-electron chi connectivity index (χ4n) is 3.84. The fourth-order valence-corrected chi connectivity index (χ4v) is 4.26. The highest BCUT2D eigenvalue weighted by atomic mass is 35.5. The number of aryl methyl sites for hydroxylation is 1. The predicted molar refractivity (Wildman–Crippen MR) is 126 cm³/mol. The van der Waals surface area contributed by atoms with Crippen molar-refractivity contribution >= 4 is 34.8 Å². The van der Waals surface area contributed by atoms with Gasteiger partial charge in [0.2, 0.25) is 0 Å². The van der Waals surface area contributed by atoms with Crippen LogP contribution in [0.1, 0.15) is 16.1 Å². The number of hydrogen-bond donors (Lipinski definition) is 2. The molecule has 162 valence electrons. The Morgan fingerprint density at radius 3 is 2.71 bits per heavy atom. The van der Waals surface area contributed by atoms with Crippen LogP contribution in [-0.4, -0.2) is 60.0 Å². The molecule has 0 saturated carbocycles. The summed E-state index contributed by atoms with van der Waals surface area (Å²) in [6.07, 6.45) is 3.51. The zero-order valence-corrected chi connectivity index (χ0v) is 18.9. The molecule has 0 unspecified atom stereocenters. The van der Waals surface area contributed by atoms with Gasteiger partial charge in [-0.05, 0) is 37.3 Å². The van der Waals surface area contributed by atoms with Crippen LogP contribution in [0.15, 0.2) is 48.8 Å². The molecule has 0 aliphatic carbocycles. The minimum absolute atomic E-state index is 0.0618. The SMILES string of the molecule is Cc1[nH]c(-c2cccnc2)cc1C(=O)NCCN1CCN(c2cccc(Cl)c2Cl)CC1. The third kappa shape index (κ3) is 5.03. The second-order valence-electron chi connectivity index (χ2n) is 7.62. The van der Waals surface area contributed by atoms with Gasteiger partial charge in [0.1, 0.15) is 0 Å². The number of carbonyl (C=O) groups is 1. The minimum atomic E-state index is -0.0618. The number of anilines is 1. The molecule has 0 bridgehead atoms. The van der Waals surface area contributed by atoms with Crippen molar-refractivity contribution in [1.82, 2.24) is 20.2 Å². The lowest BCUT2D eigenvalue weighted by Crippen LogP contribution is -2.48. The Bertz CT molecular complexity index is 1050. The van der Waals surface area contributed by atoms with Crippen molar-refractivity contribution in [3.8, 4) is 11.3 Å². The van der Waals surface area contributed by atoms with Crippen molar-refractivity contribution in [3.63, 3.8) is 0 Å². The van der Waals surface area contributed by atoms with Gasteiger partial charge in [-0.3, -0.25) is 14.7 Å². The van der Waals surface area contributed by atoms with E-state index >= 15 is 0 Å². The average Bonchev–Trinajstić information content (AvgIpc) is 3.18. The van der Waals surface area contributed by atoms with E-state index in [1.54, 1.807) is 18.5 Å². The maximum Gasteiger partial charge on any atom is 0.253 e. The number of piperazine rings is 1. The van der Waals surface area contributed by atoms with Crippen molar-refractivity contribution < 1.29 is 4.79 Å². The first kappa shape index (κ1) is 21.7. The van der Waals surface area contributed by atoms with E-state index in [0.717, 1.165) is 55.4 Å². The van der Waals surface area contributed by atoms with Gasteiger partial charge in [-0.2, -0.15) is 0 Å². The lowest BCUT2D eigenvalue weighted by Gasteiger charge is -2.36. The average molecular weight is 458 g/mol. The molecule has 1 aliphatic heterocycles. The molecule has 1 aromatic carbocycles. The van der Waals surface area contributed by atoms with Gasteiger partial charge in [-0.25, -0.2) is 0 Å². The summed E-state index contributed by atoms with van der Waals surface area (Å²) < 4.78 is 0. The van der Waals surface area contributed by atoms with Gasteiger partial charge in [0.25, 0.3) is 5.91 Å². The van der Waals surface area contributed by atoms with Crippen LogP contribution >= 0.6 is 23.2 Å². The molecule has 1 amide bonds. The molecule has 3 heterocycles. The van der Waals surface area contributed by atoms with Crippen LogP contribution in [0.4, 0.5) is 5.69 Å². The molecule has 4 rings (SSSR count). The Balaban J connectivity index is 1.26. The third-order valence-electron chi connectivity index (χ3n) is 5.59. The zero-order valence-electron chi connectivity index (χ0n) is 17.4. The number of halogens is 2. The standard InChI is InChI=1S/C23H25Cl2N5O/c1-16-18(14-20(28-16)17-4-3-7-26-15-17)23(31)27-8-9-29-10-12-30(13-11-29)21-6-2-5-19(24)22(21)25/h2-7,14-15,28H,8-13H2,1H3,(H,27,31). The molecule has 0 radical (unpaired) electrons. The molecule has 0 spiro atoms. The number of aromatic nitrogens is 2. The fraction of sp³-hybridized carbons (Fsp3) is 0.304. The van der Waals surface area contributed by atoms with Crippen LogP contribution in [0, 0.1) is 6.92 Å². The number of H-pyrrole nitrogens is 1. The minimum Gasteiger partial charge on any atom is -0.368 e. The van der Waals surface area contributed by atoms with Crippen molar-refractivity contribution in [2.24, 2.45) is 0 Å². The quantitative estimate of drug-likeness (QED) is 0.580. The number of benzene rings is 1. The highest BCUT2D eigenvalue weighted by molar-refractivity contribution is 6.43. The number of carbonyl (C=O) groups excluding carboxylic acids is 1. The molecule has 2 aromatic heterocycles. The number of hydrogen-bond acceptors (Lipinski definition) is 4.